The fourth-order valence-electron chi connectivity index (χ4n) is 1.77. The molecule has 1 heterocycles. The standard InChI is InChI=1S/C11H20BrNO3/c1-2-15-7-8-16-10-3-5-13(6-4-10)11(14)9-12/h10H,2-9H2,1H3. The van der Waals surface area contributed by atoms with E-state index in [9.17, 15) is 4.79 Å². The minimum atomic E-state index is 0.174. The van der Waals surface area contributed by atoms with E-state index in [1.54, 1.807) is 0 Å². The van der Waals surface area contributed by atoms with Crippen LogP contribution in [0.2, 0.25) is 0 Å². The van der Waals surface area contributed by atoms with E-state index >= 15 is 0 Å². The summed E-state index contributed by atoms with van der Waals surface area (Å²) in [7, 11) is 0. The highest BCUT2D eigenvalue weighted by Crippen LogP contribution is 2.14. The number of ether oxygens (including phenoxy) is 2. The van der Waals surface area contributed by atoms with Gasteiger partial charge in [0.25, 0.3) is 0 Å². The van der Waals surface area contributed by atoms with Crippen LogP contribution in [-0.2, 0) is 14.3 Å². The van der Waals surface area contributed by atoms with Crippen molar-refractivity contribution in [2.45, 2.75) is 25.9 Å². The molecule has 0 bridgehead atoms. The summed E-state index contributed by atoms with van der Waals surface area (Å²) < 4.78 is 10.9. The number of alkyl halides is 1. The van der Waals surface area contributed by atoms with Crippen molar-refractivity contribution in [1.82, 2.24) is 4.90 Å². The monoisotopic (exact) mass is 293 g/mol. The van der Waals surface area contributed by atoms with Gasteiger partial charge in [0.05, 0.1) is 24.6 Å². The molecule has 0 unspecified atom stereocenters. The molecule has 5 heteroatoms. The molecule has 1 aliphatic heterocycles. The van der Waals surface area contributed by atoms with Crippen molar-refractivity contribution in [2.75, 3.05) is 38.2 Å². The number of carbonyl (C=O) groups is 1. The van der Waals surface area contributed by atoms with E-state index in [4.69, 9.17) is 9.47 Å². The summed E-state index contributed by atoms with van der Waals surface area (Å²) in [4.78, 5) is 13.3. The number of piperidine rings is 1. The van der Waals surface area contributed by atoms with Gasteiger partial charge in [0.2, 0.25) is 5.91 Å². The molecule has 1 saturated heterocycles. The zero-order chi connectivity index (χ0) is 11.8. The molecule has 0 aromatic rings. The maximum atomic E-state index is 11.4. The first-order valence-electron chi connectivity index (χ1n) is 5.81. The number of halogens is 1. The Morgan fingerprint density at radius 3 is 2.62 bits per heavy atom. The minimum absolute atomic E-state index is 0.174. The molecule has 0 N–H and O–H groups in total. The van der Waals surface area contributed by atoms with E-state index in [1.165, 1.54) is 0 Å². The Hall–Kier alpha value is -0.130. The highest BCUT2D eigenvalue weighted by molar-refractivity contribution is 9.09. The Bertz CT molecular complexity index is 205. The Kier molecular flexibility index (Phi) is 7.00. The van der Waals surface area contributed by atoms with Gasteiger partial charge in [0.1, 0.15) is 0 Å². The second kappa shape index (κ2) is 8.03. The van der Waals surface area contributed by atoms with Crippen molar-refractivity contribution < 1.29 is 14.3 Å². The van der Waals surface area contributed by atoms with Crippen LogP contribution in [0.5, 0.6) is 0 Å². The average Bonchev–Trinajstić information content (AvgIpc) is 2.34. The topological polar surface area (TPSA) is 38.8 Å². The Morgan fingerprint density at radius 2 is 2.06 bits per heavy atom. The van der Waals surface area contributed by atoms with Crippen molar-refractivity contribution >= 4 is 21.8 Å². The summed E-state index contributed by atoms with van der Waals surface area (Å²) in [6, 6.07) is 0. The molecule has 0 aromatic heterocycles. The van der Waals surface area contributed by atoms with E-state index in [0.717, 1.165) is 32.5 Å². The molecule has 0 saturated carbocycles. The maximum Gasteiger partial charge on any atom is 0.233 e. The van der Waals surface area contributed by atoms with Gasteiger partial charge < -0.3 is 14.4 Å². The third kappa shape index (κ3) is 4.80. The molecule has 0 spiro atoms. The van der Waals surface area contributed by atoms with Crippen LogP contribution in [0.3, 0.4) is 0 Å². The molecule has 0 atom stereocenters. The Morgan fingerprint density at radius 1 is 1.38 bits per heavy atom. The summed E-state index contributed by atoms with van der Waals surface area (Å²) in [6.07, 6.45) is 2.16. The van der Waals surface area contributed by atoms with E-state index in [0.29, 0.717) is 24.6 Å². The van der Waals surface area contributed by atoms with Crippen LogP contribution in [0.4, 0.5) is 0 Å². The largest absolute Gasteiger partial charge is 0.379 e. The predicted octanol–water partition coefficient (Wildman–Crippen LogP) is 1.43. The lowest BCUT2D eigenvalue weighted by molar-refractivity contribution is -0.131. The number of carbonyl (C=O) groups excluding carboxylic acids is 1. The quantitative estimate of drug-likeness (QED) is 0.549. The lowest BCUT2D eigenvalue weighted by atomic mass is 10.1. The molecule has 94 valence electrons. The van der Waals surface area contributed by atoms with E-state index in [1.807, 2.05) is 11.8 Å². The van der Waals surface area contributed by atoms with Crippen LogP contribution in [0.15, 0.2) is 0 Å². The first-order valence-corrected chi connectivity index (χ1v) is 6.93. The normalized spacial score (nSPS) is 17.8. The van der Waals surface area contributed by atoms with E-state index in [2.05, 4.69) is 15.9 Å². The van der Waals surface area contributed by atoms with Crippen LogP contribution in [-0.4, -0.2) is 55.2 Å². The molecule has 16 heavy (non-hydrogen) atoms. The van der Waals surface area contributed by atoms with Crippen molar-refractivity contribution in [1.29, 1.82) is 0 Å². The summed E-state index contributed by atoms with van der Waals surface area (Å²) in [5.74, 6) is 0.174. The number of amides is 1. The molecule has 0 radical (unpaired) electrons. The molecular formula is C11H20BrNO3. The van der Waals surface area contributed by atoms with Crippen LogP contribution >= 0.6 is 15.9 Å². The van der Waals surface area contributed by atoms with Crippen LogP contribution in [0, 0.1) is 0 Å². The fraction of sp³-hybridized carbons (Fsp3) is 0.909. The van der Waals surface area contributed by atoms with Crippen LogP contribution < -0.4 is 0 Å². The predicted molar refractivity (Wildman–Crippen MR) is 65.8 cm³/mol. The molecule has 4 nitrogen and oxygen atoms in total. The molecule has 1 fully saturated rings. The highest BCUT2D eigenvalue weighted by Gasteiger charge is 2.22. The number of rotatable bonds is 6. The average molecular weight is 294 g/mol. The van der Waals surface area contributed by atoms with Gasteiger partial charge in [-0.15, -0.1) is 0 Å². The first-order chi connectivity index (χ1) is 7.77. The van der Waals surface area contributed by atoms with Gasteiger partial charge in [-0.1, -0.05) is 15.9 Å². The van der Waals surface area contributed by atoms with Gasteiger partial charge >= 0.3 is 0 Å². The van der Waals surface area contributed by atoms with Gasteiger partial charge in [-0.3, -0.25) is 4.79 Å². The summed E-state index contributed by atoms with van der Waals surface area (Å²) in [5, 5.41) is 0.420. The van der Waals surface area contributed by atoms with Crippen molar-refractivity contribution in [3.8, 4) is 0 Å². The van der Waals surface area contributed by atoms with Crippen molar-refractivity contribution in [3.05, 3.63) is 0 Å². The van der Waals surface area contributed by atoms with Gasteiger partial charge in [-0.25, -0.2) is 0 Å². The number of hydrogen-bond acceptors (Lipinski definition) is 3. The van der Waals surface area contributed by atoms with Crippen molar-refractivity contribution in [3.63, 3.8) is 0 Å². The van der Waals surface area contributed by atoms with Gasteiger partial charge in [-0.05, 0) is 19.8 Å². The van der Waals surface area contributed by atoms with Crippen LogP contribution in [0.25, 0.3) is 0 Å². The van der Waals surface area contributed by atoms with Crippen molar-refractivity contribution in [2.24, 2.45) is 0 Å². The maximum absolute atomic E-state index is 11.4. The fourth-order valence-corrected chi connectivity index (χ4v) is 2.13. The third-order valence-corrected chi connectivity index (χ3v) is 3.17. The second-order valence-corrected chi connectivity index (χ2v) is 4.34. The Balaban J connectivity index is 2.10. The first kappa shape index (κ1) is 13.9. The van der Waals surface area contributed by atoms with Gasteiger partial charge in [-0.2, -0.15) is 0 Å². The summed E-state index contributed by atoms with van der Waals surface area (Å²) in [6.45, 7) is 5.65. The molecule has 0 aliphatic carbocycles. The third-order valence-electron chi connectivity index (χ3n) is 2.69. The SMILES string of the molecule is CCOCCOC1CCN(C(=O)CBr)CC1. The molecular weight excluding hydrogens is 274 g/mol. The molecule has 1 rings (SSSR count). The Labute approximate surface area is 105 Å². The second-order valence-electron chi connectivity index (χ2n) is 3.78. The van der Waals surface area contributed by atoms with E-state index < -0.39 is 0 Å². The number of hydrogen-bond donors (Lipinski definition) is 0. The summed E-state index contributed by atoms with van der Waals surface area (Å²) in [5.41, 5.74) is 0. The molecule has 1 amide bonds. The number of nitrogens with zero attached hydrogens (tertiary/aromatic N) is 1. The van der Waals surface area contributed by atoms with Gasteiger partial charge in [0.15, 0.2) is 0 Å². The summed E-state index contributed by atoms with van der Waals surface area (Å²) >= 11 is 3.19. The van der Waals surface area contributed by atoms with Crippen LogP contribution in [0.1, 0.15) is 19.8 Å². The highest BCUT2D eigenvalue weighted by atomic mass is 79.9. The van der Waals surface area contributed by atoms with E-state index in [-0.39, 0.29) is 5.91 Å². The zero-order valence-electron chi connectivity index (χ0n) is 9.78. The van der Waals surface area contributed by atoms with Gasteiger partial charge in [0, 0.05) is 19.7 Å². The smallest absolute Gasteiger partial charge is 0.233 e. The zero-order valence-corrected chi connectivity index (χ0v) is 11.4. The molecule has 0 aromatic carbocycles. The number of likely N-dealkylation sites (tertiary alicyclic amines) is 1. The minimum Gasteiger partial charge on any atom is -0.379 e. The lowest BCUT2D eigenvalue weighted by Crippen LogP contribution is -2.41. The lowest BCUT2D eigenvalue weighted by Gasteiger charge is -2.31. The molecule has 1 aliphatic rings.